The summed E-state index contributed by atoms with van der Waals surface area (Å²) in [4.78, 5) is 17.3. The SMILES string of the molecule is CC[n+]1cc(NC(=O)CSc2nc(-c3ccccc3)cc(-c3cccc(OC)c3OC)c2C#N)on1. The lowest BCUT2D eigenvalue weighted by Gasteiger charge is -2.16. The molecule has 0 atom stereocenters. The summed E-state index contributed by atoms with van der Waals surface area (Å²) in [5, 5.41) is 17.0. The molecule has 0 saturated heterocycles. The minimum Gasteiger partial charge on any atom is -0.493 e. The Bertz CT molecular complexity index is 1420. The first-order chi connectivity index (χ1) is 17.6. The molecule has 2 aromatic heterocycles. The van der Waals surface area contributed by atoms with Crippen molar-refractivity contribution in [2.24, 2.45) is 0 Å². The molecule has 0 aliphatic rings. The van der Waals surface area contributed by atoms with E-state index in [-0.39, 0.29) is 17.5 Å². The van der Waals surface area contributed by atoms with E-state index >= 15 is 0 Å². The Labute approximate surface area is 212 Å². The molecule has 0 spiro atoms. The van der Waals surface area contributed by atoms with Crippen LogP contribution in [0.5, 0.6) is 11.5 Å². The van der Waals surface area contributed by atoms with Crippen LogP contribution >= 0.6 is 11.8 Å². The zero-order chi connectivity index (χ0) is 25.5. The van der Waals surface area contributed by atoms with Crippen LogP contribution in [0.4, 0.5) is 5.88 Å². The zero-order valence-electron chi connectivity index (χ0n) is 20.0. The Morgan fingerprint density at radius 3 is 2.61 bits per heavy atom. The molecule has 0 fully saturated rings. The van der Waals surface area contributed by atoms with Gasteiger partial charge in [0, 0.05) is 16.7 Å². The van der Waals surface area contributed by atoms with Crippen molar-refractivity contribution in [2.75, 3.05) is 25.3 Å². The van der Waals surface area contributed by atoms with Crippen molar-refractivity contribution in [3.8, 4) is 40.0 Å². The summed E-state index contributed by atoms with van der Waals surface area (Å²) in [6.07, 6.45) is 1.60. The Morgan fingerprint density at radius 2 is 1.94 bits per heavy atom. The molecule has 0 radical (unpaired) electrons. The Balaban J connectivity index is 1.74. The van der Waals surface area contributed by atoms with Gasteiger partial charge in [-0.2, -0.15) is 5.26 Å². The normalized spacial score (nSPS) is 10.5. The van der Waals surface area contributed by atoms with Crippen LogP contribution in [0.2, 0.25) is 0 Å². The highest BCUT2D eigenvalue weighted by Crippen LogP contribution is 2.42. The number of anilines is 1. The lowest BCUT2D eigenvalue weighted by molar-refractivity contribution is -0.759. The van der Waals surface area contributed by atoms with E-state index in [1.54, 1.807) is 31.2 Å². The summed E-state index contributed by atoms with van der Waals surface area (Å²) in [6, 6.07) is 19.2. The van der Waals surface area contributed by atoms with E-state index in [1.807, 2.05) is 55.5 Å². The Kier molecular flexibility index (Phi) is 7.82. The van der Waals surface area contributed by atoms with E-state index in [9.17, 15) is 10.1 Å². The third-order valence-corrected chi connectivity index (χ3v) is 6.27. The van der Waals surface area contributed by atoms with Crippen LogP contribution in [0.15, 0.2) is 70.3 Å². The van der Waals surface area contributed by atoms with Crippen molar-refractivity contribution in [1.29, 1.82) is 5.26 Å². The molecule has 0 unspecified atom stereocenters. The quantitative estimate of drug-likeness (QED) is 0.266. The average Bonchev–Trinajstić information content (AvgIpc) is 3.38. The molecule has 9 nitrogen and oxygen atoms in total. The van der Waals surface area contributed by atoms with Crippen molar-refractivity contribution in [3.05, 3.63) is 66.4 Å². The van der Waals surface area contributed by atoms with Gasteiger partial charge in [-0.15, -0.1) is 0 Å². The van der Waals surface area contributed by atoms with E-state index < -0.39 is 0 Å². The number of aryl methyl sites for hydroxylation is 1. The third-order valence-electron chi connectivity index (χ3n) is 5.30. The smallest absolute Gasteiger partial charge is 0.302 e. The highest BCUT2D eigenvalue weighted by Gasteiger charge is 2.21. The standard InChI is InChI=1S/C26H23N5O4S/c1-4-31-15-24(35-30-31)29-23(32)16-36-26-20(14-27)19(13-21(28-26)17-9-6-5-7-10-17)18-11-8-12-22(33-2)25(18)34-3/h5-13,15H,4,16H2,1-3H3/p+1. The number of carbonyl (C=O) groups is 1. The Morgan fingerprint density at radius 1 is 1.14 bits per heavy atom. The van der Waals surface area contributed by atoms with Gasteiger partial charge >= 0.3 is 5.88 Å². The molecule has 4 aromatic rings. The maximum atomic E-state index is 12.6. The van der Waals surface area contributed by atoms with Gasteiger partial charge in [0.1, 0.15) is 11.1 Å². The number of para-hydroxylation sites is 1. The predicted octanol–water partition coefficient (Wildman–Crippen LogP) is 4.33. The zero-order valence-corrected chi connectivity index (χ0v) is 20.8. The van der Waals surface area contributed by atoms with Gasteiger partial charge in [-0.05, 0) is 19.1 Å². The number of hydrogen-bond donors (Lipinski definition) is 1. The van der Waals surface area contributed by atoms with Crippen LogP contribution in [0.25, 0.3) is 22.4 Å². The van der Waals surface area contributed by atoms with Gasteiger partial charge in [-0.3, -0.25) is 14.6 Å². The minimum atomic E-state index is -0.310. The van der Waals surface area contributed by atoms with Crippen LogP contribution in [0.1, 0.15) is 12.5 Å². The number of nitrogens with zero attached hydrogens (tertiary/aromatic N) is 4. The lowest BCUT2D eigenvalue weighted by Crippen LogP contribution is -2.32. The van der Waals surface area contributed by atoms with Gasteiger partial charge in [-0.25, -0.2) is 4.98 Å². The van der Waals surface area contributed by atoms with Crippen molar-refractivity contribution >= 4 is 23.6 Å². The van der Waals surface area contributed by atoms with Gasteiger partial charge in [-0.1, -0.05) is 58.9 Å². The first-order valence-corrected chi connectivity index (χ1v) is 12.1. The number of thioether (sulfide) groups is 1. The number of carbonyl (C=O) groups excluding carboxylic acids is 1. The van der Waals surface area contributed by atoms with Crippen molar-refractivity contribution < 1.29 is 23.5 Å². The first kappa shape index (κ1) is 24.8. The number of pyridine rings is 1. The highest BCUT2D eigenvalue weighted by molar-refractivity contribution is 8.00. The van der Waals surface area contributed by atoms with Crippen LogP contribution in [-0.4, -0.2) is 36.1 Å². The fraction of sp³-hybridized carbons (Fsp3) is 0.192. The second-order valence-corrected chi connectivity index (χ2v) is 8.48. The molecular formula is C26H24N5O4S+. The van der Waals surface area contributed by atoms with Gasteiger partial charge in [0.05, 0.1) is 31.2 Å². The number of nitriles is 1. The summed E-state index contributed by atoms with van der Waals surface area (Å²) in [5.74, 6) is 1.000. The molecule has 0 aliphatic carbocycles. The third kappa shape index (κ3) is 5.31. The molecule has 0 aliphatic heterocycles. The summed E-state index contributed by atoms with van der Waals surface area (Å²) < 4.78 is 17.8. The minimum absolute atomic E-state index is 0.0153. The molecular weight excluding hydrogens is 478 g/mol. The number of ether oxygens (including phenoxy) is 2. The summed E-state index contributed by atoms with van der Waals surface area (Å²) in [6.45, 7) is 2.53. The van der Waals surface area contributed by atoms with Crippen LogP contribution in [0.3, 0.4) is 0 Å². The second kappa shape index (κ2) is 11.4. The number of methoxy groups -OCH3 is 2. The molecule has 0 saturated carbocycles. The predicted molar refractivity (Wildman–Crippen MR) is 135 cm³/mol. The lowest BCUT2D eigenvalue weighted by atomic mass is 9.98. The molecule has 2 heterocycles. The van der Waals surface area contributed by atoms with Gasteiger partial charge < -0.3 is 9.47 Å². The maximum Gasteiger partial charge on any atom is 0.302 e. The van der Waals surface area contributed by atoms with E-state index in [0.717, 1.165) is 5.56 Å². The fourth-order valence-electron chi connectivity index (χ4n) is 3.59. The van der Waals surface area contributed by atoms with Crippen molar-refractivity contribution in [1.82, 2.24) is 10.3 Å². The van der Waals surface area contributed by atoms with Gasteiger partial charge in [0.2, 0.25) is 11.2 Å². The topological polar surface area (TPSA) is 114 Å². The van der Waals surface area contributed by atoms with Gasteiger partial charge in [0.25, 0.3) is 6.20 Å². The van der Waals surface area contributed by atoms with E-state index in [0.29, 0.717) is 45.5 Å². The number of amides is 1. The van der Waals surface area contributed by atoms with Crippen molar-refractivity contribution in [3.63, 3.8) is 0 Å². The number of benzene rings is 2. The number of aromatic nitrogens is 3. The summed E-state index contributed by atoms with van der Waals surface area (Å²) in [5.41, 5.74) is 3.19. The Hall–Kier alpha value is -4.36. The molecule has 0 bridgehead atoms. The number of rotatable bonds is 9. The summed E-state index contributed by atoms with van der Waals surface area (Å²) >= 11 is 1.17. The average molecular weight is 503 g/mol. The fourth-order valence-corrected chi connectivity index (χ4v) is 4.40. The molecule has 10 heteroatoms. The molecule has 36 heavy (non-hydrogen) atoms. The number of nitrogens with one attached hydrogen (secondary N) is 1. The molecule has 2 aromatic carbocycles. The monoisotopic (exact) mass is 502 g/mol. The van der Waals surface area contributed by atoms with Crippen LogP contribution < -0.4 is 19.5 Å². The van der Waals surface area contributed by atoms with Crippen LogP contribution in [-0.2, 0) is 11.3 Å². The highest BCUT2D eigenvalue weighted by atomic mass is 32.2. The molecule has 1 N–H and O–H groups in total. The summed E-state index contributed by atoms with van der Waals surface area (Å²) in [7, 11) is 3.11. The van der Waals surface area contributed by atoms with E-state index in [2.05, 4.69) is 16.7 Å². The first-order valence-electron chi connectivity index (χ1n) is 11.1. The maximum absolute atomic E-state index is 12.6. The van der Waals surface area contributed by atoms with E-state index in [4.69, 9.17) is 19.0 Å². The van der Waals surface area contributed by atoms with Gasteiger partial charge in [0.15, 0.2) is 18.0 Å². The molecule has 182 valence electrons. The number of hydrogen-bond acceptors (Lipinski definition) is 8. The van der Waals surface area contributed by atoms with Crippen LogP contribution in [0, 0.1) is 11.3 Å². The van der Waals surface area contributed by atoms with Crippen molar-refractivity contribution in [2.45, 2.75) is 18.5 Å². The largest absolute Gasteiger partial charge is 0.493 e. The second-order valence-electron chi connectivity index (χ2n) is 7.51. The molecule has 4 rings (SSSR count). The molecule has 1 amide bonds. The van der Waals surface area contributed by atoms with E-state index in [1.165, 1.54) is 11.8 Å².